The van der Waals surface area contributed by atoms with Gasteiger partial charge in [-0.3, -0.25) is 0 Å². The van der Waals surface area contributed by atoms with E-state index in [9.17, 15) is 0 Å². The summed E-state index contributed by atoms with van der Waals surface area (Å²) in [6.45, 7) is 4.23. The molecule has 0 unspecified atom stereocenters. The van der Waals surface area contributed by atoms with Crippen LogP contribution in [0.15, 0.2) is 5.51 Å². The summed E-state index contributed by atoms with van der Waals surface area (Å²) in [5.41, 5.74) is 2.73. The molecule has 0 saturated heterocycles. The van der Waals surface area contributed by atoms with E-state index in [1.54, 1.807) is 22.7 Å². The minimum atomic E-state index is 0. The second kappa shape index (κ2) is 5.36. The van der Waals surface area contributed by atoms with Crippen molar-refractivity contribution in [2.45, 2.75) is 27.2 Å². The number of hydrogen-bond acceptors (Lipinski definition) is 6. The van der Waals surface area contributed by atoms with Crippen LogP contribution >= 0.6 is 22.7 Å². The molecule has 0 bridgehead atoms. The van der Waals surface area contributed by atoms with Gasteiger partial charge in [0.15, 0.2) is 5.01 Å². The van der Waals surface area contributed by atoms with Crippen LogP contribution in [-0.4, -0.2) is 22.2 Å². The van der Waals surface area contributed by atoms with Gasteiger partial charge >= 0.3 is 0 Å². The number of thiazole rings is 1. The second-order valence-corrected chi connectivity index (χ2v) is 5.24. The highest BCUT2D eigenvalue weighted by Gasteiger charge is 2.14. The summed E-state index contributed by atoms with van der Waals surface area (Å²) in [7, 11) is 1.89. The Hall–Kier alpha value is -1.01. The van der Waals surface area contributed by atoms with Crippen LogP contribution in [0.3, 0.4) is 0 Å². The molecule has 0 aliphatic heterocycles. The summed E-state index contributed by atoms with van der Waals surface area (Å²) in [5, 5.41) is 14.4. The molecular weight excluding hydrogens is 240 g/mol. The zero-order chi connectivity index (χ0) is 10.8. The van der Waals surface area contributed by atoms with Gasteiger partial charge in [-0.05, 0) is 0 Å². The van der Waals surface area contributed by atoms with Gasteiger partial charge in [-0.2, -0.15) is 0 Å². The average Bonchev–Trinajstić information content (AvgIpc) is 2.85. The zero-order valence-corrected chi connectivity index (χ0v) is 10.4. The Morgan fingerprint density at radius 3 is 2.69 bits per heavy atom. The summed E-state index contributed by atoms with van der Waals surface area (Å²) in [6.07, 6.45) is 0. The maximum Gasteiger partial charge on any atom is 0.169 e. The fourth-order valence-corrected chi connectivity index (χ4v) is 2.69. The van der Waals surface area contributed by atoms with Crippen molar-refractivity contribution in [1.29, 1.82) is 0 Å². The standard InChI is InChI=1S/C9H12N4S2.CH4.H2/c1-5(2)7-12-13-9(15-7)6-8(10-3)14-4-11-6;;/h4-5,10H,1-3H3;1H4;1H. The van der Waals surface area contributed by atoms with E-state index in [2.05, 4.69) is 34.3 Å². The van der Waals surface area contributed by atoms with Gasteiger partial charge in [0.2, 0.25) is 0 Å². The van der Waals surface area contributed by atoms with E-state index in [1.165, 1.54) is 0 Å². The lowest BCUT2D eigenvalue weighted by molar-refractivity contribution is 0.825. The Morgan fingerprint density at radius 2 is 2.12 bits per heavy atom. The highest BCUT2D eigenvalue weighted by atomic mass is 32.1. The number of nitrogens with zero attached hydrogens (tertiary/aromatic N) is 3. The molecule has 0 atom stereocenters. The van der Waals surface area contributed by atoms with Crippen LogP contribution in [0, 0.1) is 0 Å². The molecule has 1 N–H and O–H groups in total. The van der Waals surface area contributed by atoms with Gasteiger partial charge < -0.3 is 5.32 Å². The fraction of sp³-hybridized carbons (Fsp3) is 0.500. The molecule has 2 aromatic rings. The summed E-state index contributed by atoms with van der Waals surface area (Å²) in [6, 6.07) is 0. The first-order valence-corrected chi connectivity index (χ1v) is 6.37. The van der Waals surface area contributed by atoms with Crippen LogP contribution < -0.4 is 5.32 Å². The number of nitrogens with one attached hydrogen (secondary N) is 1. The first kappa shape index (κ1) is 13.1. The predicted octanol–water partition coefficient (Wildman–Crippen LogP) is 3.71. The van der Waals surface area contributed by atoms with Crippen molar-refractivity contribution in [3.63, 3.8) is 0 Å². The molecule has 90 valence electrons. The van der Waals surface area contributed by atoms with Crippen LogP contribution in [0.5, 0.6) is 0 Å². The van der Waals surface area contributed by atoms with Gasteiger partial charge in [-0.15, -0.1) is 21.5 Å². The SMILES string of the molecule is C.CNc1scnc1-c1nnc(C(C)C)s1.[HH]. The van der Waals surface area contributed by atoms with Gasteiger partial charge in [0.05, 0.1) is 5.51 Å². The summed E-state index contributed by atoms with van der Waals surface area (Å²) >= 11 is 3.19. The largest absolute Gasteiger partial charge is 0.378 e. The Bertz CT molecular complexity index is 453. The quantitative estimate of drug-likeness (QED) is 0.912. The Balaban J connectivity index is 0.00000128. The van der Waals surface area contributed by atoms with Crippen molar-refractivity contribution in [1.82, 2.24) is 15.2 Å². The van der Waals surface area contributed by atoms with Crippen LogP contribution in [0.2, 0.25) is 0 Å². The topological polar surface area (TPSA) is 50.7 Å². The zero-order valence-electron chi connectivity index (χ0n) is 8.81. The molecule has 0 saturated carbocycles. The van der Waals surface area contributed by atoms with Gasteiger partial charge in [0, 0.05) is 14.4 Å². The van der Waals surface area contributed by atoms with Crippen LogP contribution in [0.4, 0.5) is 5.00 Å². The Kier molecular flexibility index (Phi) is 4.37. The van der Waals surface area contributed by atoms with E-state index in [4.69, 9.17) is 0 Å². The third kappa shape index (κ3) is 2.38. The molecule has 0 aliphatic rings. The minimum Gasteiger partial charge on any atom is -0.378 e. The van der Waals surface area contributed by atoms with E-state index in [0.717, 1.165) is 20.7 Å². The molecular formula is C10H18N4S2. The van der Waals surface area contributed by atoms with E-state index < -0.39 is 0 Å². The van der Waals surface area contributed by atoms with E-state index >= 15 is 0 Å². The van der Waals surface area contributed by atoms with Gasteiger partial charge in [-0.25, -0.2) is 4.98 Å². The molecule has 2 aromatic heterocycles. The third-order valence-electron chi connectivity index (χ3n) is 1.93. The molecule has 0 radical (unpaired) electrons. The first-order chi connectivity index (χ1) is 7.22. The van der Waals surface area contributed by atoms with Crippen LogP contribution in [0.25, 0.3) is 10.7 Å². The van der Waals surface area contributed by atoms with Crippen molar-refractivity contribution in [2.24, 2.45) is 0 Å². The van der Waals surface area contributed by atoms with E-state index in [-0.39, 0.29) is 8.85 Å². The molecule has 6 heteroatoms. The minimum absolute atomic E-state index is 0. The summed E-state index contributed by atoms with van der Waals surface area (Å²) in [4.78, 5) is 4.29. The van der Waals surface area contributed by atoms with Crippen molar-refractivity contribution in [3.05, 3.63) is 10.5 Å². The van der Waals surface area contributed by atoms with Crippen molar-refractivity contribution in [2.75, 3.05) is 12.4 Å². The summed E-state index contributed by atoms with van der Waals surface area (Å²) in [5.74, 6) is 0.424. The van der Waals surface area contributed by atoms with Crippen molar-refractivity contribution >= 4 is 27.7 Å². The van der Waals surface area contributed by atoms with Gasteiger partial charge in [-0.1, -0.05) is 32.6 Å². The molecule has 16 heavy (non-hydrogen) atoms. The monoisotopic (exact) mass is 258 g/mol. The second-order valence-electron chi connectivity index (χ2n) is 3.38. The molecule has 0 amide bonds. The van der Waals surface area contributed by atoms with Gasteiger partial charge in [0.1, 0.15) is 15.7 Å². The van der Waals surface area contributed by atoms with Crippen LogP contribution in [-0.2, 0) is 0 Å². The molecule has 0 aromatic carbocycles. The van der Waals surface area contributed by atoms with E-state index in [1.807, 2.05) is 12.6 Å². The number of aromatic nitrogens is 3. The molecule has 4 nitrogen and oxygen atoms in total. The lowest BCUT2D eigenvalue weighted by Crippen LogP contribution is -1.87. The lowest BCUT2D eigenvalue weighted by Gasteiger charge is -1.96. The fourth-order valence-electron chi connectivity index (χ4n) is 1.14. The predicted molar refractivity (Wildman–Crippen MR) is 73.5 cm³/mol. The van der Waals surface area contributed by atoms with Gasteiger partial charge in [0.25, 0.3) is 0 Å². The molecule has 0 spiro atoms. The third-order valence-corrected chi connectivity index (χ3v) is 4.01. The summed E-state index contributed by atoms with van der Waals surface area (Å²) < 4.78 is 0. The number of rotatable bonds is 3. The highest BCUT2D eigenvalue weighted by molar-refractivity contribution is 7.17. The molecule has 2 heterocycles. The van der Waals surface area contributed by atoms with E-state index in [0.29, 0.717) is 5.92 Å². The molecule has 0 aliphatic carbocycles. The number of hydrogen-bond donors (Lipinski definition) is 1. The maximum absolute atomic E-state index is 4.29. The lowest BCUT2D eigenvalue weighted by atomic mass is 10.2. The highest BCUT2D eigenvalue weighted by Crippen LogP contribution is 2.33. The van der Waals surface area contributed by atoms with Crippen molar-refractivity contribution in [3.8, 4) is 10.7 Å². The normalized spacial score (nSPS) is 10.2. The molecule has 2 rings (SSSR count). The maximum atomic E-state index is 4.29. The molecule has 0 fully saturated rings. The first-order valence-electron chi connectivity index (χ1n) is 4.67. The Morgan fingerprint density at radius 1 is 1.38 bits per heavy atom. The smallest absolute Gasteiger partial charge is 0.169 e. The Labute approximate surface area is 105 Å². The van der Waals surface area contributed by atoms with Crippen molar-refractivity contribution < 1.29 is 1.43 Å². The van der Waals surface area contributed by atoms with Crippen LogP contribution in [0.1, 0.15) is 33.6 Å². The number of anilines is 1. The average molecular weight is 258 g/mol.